The maximum absolute atomic E-state index is 12.8. The molecule has 2 amide bonds. The van der Waals surface area contributed by atoms with Gasteiger partial charge in [-0.05, 0) is 55.0 Å². The summed E-state index contributed by atoms with van der Waals surface area (Å²) in [5, 5.41) is 2.87. The summed E-state index contributed by atoms with van der Waals surface area (Å²) in [6.45, 7) is 1.36. The monoisotopic (exact) mass is 438 g/mol. The molecule has 32 heavy (non-hydrogen) atoms. The Hall–Kier alpha value is -3.10. The van der Waals surface area contributed by atoms with Crippen LogP contribution in [0.25, 0.3) is 0 Å². The second-order valence-electron chi connectivity index (χ2n) is 8.25. The predicted molar refractivity (Wildman–Crippen MR) is 122 cm³/mol. The molecule has 3 N–H and O–H groups in total. The molecule has 8 nitrogen and oxygen atoms in total. The van der Waals surface area contributed by atoms with Crippen molar-refractivity contribution in [3.8, 4) is 5.75 Å². The molecule has 0 spiro atoms. The number of methoxy groups -OCH3 is 2. The van der Waals surface area contributed by atoms with E-state index in [4.69, 9.17) is 9.47 Å². The molecule has 2 fully saturated rings. The van der Waals surface area contributed by atoms with Crippen molar-refractivity contribution in [2.45, 2.75) is 31.3 Å². The van der Waals surface area contributed by atoms with Gasteiger partial charge in [-0.15, -0.1) is 0 Å². The minimum Gasteiger partial charge on any atom is -0.497 e. The van der Waals surface area contributed by atoms with Gasteiger partial charge in [0.2, 0.25) is 0 Å². The summed E-state index contributed by atoms with van der Waals surface area (Å²) in [6, 6.07) is 15.4. The largest absolute Gasteiger partial charge is 0.497 e. The first-order valence-corrected chi connectivity index (χ1v) is 11.0. The van der Waals surface area contributed by atoms with Gasteiger partial charge in [0.15, 0.2) is 0 Å². The lowest BCUT2D eigenvalue weighted by molar-refractivity contribution is 0.0602. The summed E-state index contributed by atoms with van der Waals surface area (Å²) in [7, 11) is 3.01. The van der Waals surface area contributed by atoms with Gasteiger partial charge in [0, 0.05) is 25.2 Å². The van der Waals surface area contributed by atoms with Gasteiger partial charge in [0.25, 0.3) is 0 Å². The van der Waals surface area contributed by atoms with E-state index in [1.54, 1.807) is 31.4 Å². The molecule has 2 heterocycles. The summed E-state index contributed by atoms with van der Waals surface area (Å²) in [5.41, 5.74) is 8.91. The molecule has 2 saturated heterocycles. The van der Waals surface area contributed by atoms with Gasteiger partial charge in [-0.3, -0.25) is 10.9 Å². The molecule has 2 aliphatic rings. The van der Waals surface area contributed by atoms with Gasteiger partial charge in [0.1, 0.15) is 5.75 Å². The molecule has 0 radical (unpaired) electrons. The molecule has 2 aromatic carbocycles. The first-order chi connectivity index (χ1) is 15.6. The van der Waals surface area contributed by atoms with Crippen LogP contribution in [-0.2, 0) is 4.74 Å². The number of amides is 2. The van der Waals surface area contributed by atoms with Crippen molar-refractivity contribution in [2.75, 3.05) is 32.6 Å². The summed E-state index contributed by atoms with van der Waals surface area (Å²) in [4.78, 5) is 26.5. The van der Waals surface area contributed by atoms with Crippen LogP contribution in [0.1, 0.15) is 41.2 Å². The van der Waals surface area contributed by atoms with Gasteiger partial charge in [-0.2, -0.15) is 0 Å². The second kappa shape index (κ2) is 10.0. The van der Waals surface area contributed by atoms with Gasteiger partial charge in [-0.25, -0.2) is 9.59 Å². The number of esters is 1. The summed E-state index contributed by atoms with van der Waals surface area (Å²) >= 11 is 0. The molecular formula is C24H30N4O4. The van der Waals surface area contributed by atoms with E-state index in [-0.39, 0.29) is 12.1 Å². The highest BCUT2D eigenvalue weighted by Crippen LogP contribution is 2.32. The van der Waals surface area contributed by atoms with Crippen molar-refractivity contribution in [3.05, 3.63) is 59.7 Å². The third-order valence-corrected chi connectivity index (χ3v) is 6.40. The molecule has 2 aliphatic heterocycles. The maximum Gasteiger partial charge on any atom is 0.339 e. The number of likely N-dealkylation sites (tertiary alicyclic amines) is 1. The van der Waals surface area contributed by atoms with E-state index >= 15 is 0 Å². The van der Waals surface area contributed by atoms with Gasteiger partial charge < -0.3 is 19.7 Å². The highest BCUT2D eigenvalue weighted by atomic mass is 16.5. The number of rotatable bonds is 5. The third kappa shape index (κ3) is 4.87. The Morgan fingerprint density at radius 1 is 1.03 bits per heavy atom. The van der Waals surface area contributed by atoms with Crippen LogP contribution in [0.5, 0.6) is 5.75 Å². The molecule has 0 bridgehead atoms. The molecule has 170 valence electrons. The zero-order valence-corrected chi connectivity index (χ0v) is 18.5. The number of hydrazine groups is 1. The average Bonchev–Trinajstić information content (AvgIpc) is 3.34. The van der Waals surface area contributed by atoms with E-state index in [2.05, 4.69) is 28.3 Å². The van der Waals surface area contributed by atoms with Crippen LogP contribution in [0, 0.1) is 5.92 Å². The Kier molecular flexibility index (Phi) is 6.92. The Morgan fingerprint density at radius 2 is 1.81 bits per heavy atom. The number of ether oxygens (including phenoxy) is 2. The van der Waals surface area contributed by atoms with Crippen LogP contribution in [0.15, 0.2) is 48.5 Å². The number of benzene rings is 2. The molecule has 2 atom stereocenters. The fourth-order valence-corrected chi connectivity index (χ4v) is 4.55. The number of nitrogens with one attached hydrogen (secondary N) is 3. The SMILES string of the molecule is COC(=O)c1ccccc1NC(=O)N1CCC(C2CC(c3cccc(OC)c3)NN2)CC1. The number of urea groups is 1. The summed E-state index contributed by atoms with van der Waals surface area (Å²) < 4.78 is 10.1. The number of carbonyl (C=O) groups excluding carboxylic acids is 2. The highest BCUT2D eigenvalue weighted by Gasteiger charge is 2.34. The minimum atomic E-state index is -0.468. The van der Waals surface area contributed by atoms with Crippen LogP contribution in [0.4, 0.5) is 10.5 Å². The zero-order valence-electron chi connectivity index (χ0n) is 18.5. The number of hydrogen-bond acceptors (Lipinski definition) is 6. The fraction of sp³-hybridized carbons (Fsp3) is 0.417. The number of anilines is 1. The van der Waals surface area contributed by atoms with Crippen molar-refractivity contribution >= 4 is 17.7 Å². The number of nitrogens with zero attached hydrogens (tertiary/aromatic N) is 1. The Bertz CT molecular complexity index is 959. The number of piperidine rings is 1. The molecular weight excluding hydrogens is 408 g/mol. The highest BCUT2D eigenvalue weighted by molar-refractivity contribution is 6.00. The Labute approximate surface area is 188 Å². The Balaban J connectivity index is 1.30. The van der Waals surface area contributed by atoms with E-state index in [0.717, 1.165) is 25.0 Å². The van der Waals surface area contributed by atoms with Gasteiger partial charge in [-0.1, -0.05) is 24.3 Å². The lowest BCUT2D eigenvalue weighted by Gasteiger charge is -2.34. The standard InChI is InChI=1S/C24H30N4O4/c1-31-18-7-5-6-17(14-18)22-15-21(26-27-22)16-10-12-28(13-11-16)24(30)25-20-9-4-3-8-19(20)23(29)32-2/h3-9,14,16,21-22,26-27H,10-13,15H2,1-2H3,(H,25,30). The van der Waals surface area contributed by atoms with Crippen molar-refractivity contribution in [3.63, 3.8) is 0 Å². The number of carbonyl (C=O) groups is 2. The lowest BCUT2D eigenvalue weighted by Crippen LogP contribution is -2.46. The Morgan fingerprint density at radius 3 is 2.56 bits per heavy atom. The van der Waals surface area contributed by atoms with E-state index in [1.165, 1.54) is 12.7 Å². The summed E-state index contributed by atoms with van der Waals surface area (Å²) in [5.74, 6) is 0.885. The minimum absolute atomic E-state index is 0.188. The predicted octanol–water partition coefficient (Wildman–Crippen LogP) is 3.33. The van der Waals surface area contributed by atoms with E-state index in [0.29, 0.717) is 36.3 Å². The fourth-order valence-electron chi connectivity index (χ4n) is 4.55. The molecule has 4 rings (SSSR count). The van der Waals surface area contributed by atoms with Crippen molar-refractivity contribution in [1.29, 1.82) is 0 Å². The molecule has 2 unspecified atom stereocenters. The molecule has 0 saturated carbocycles. The second-order valence-corrected chi connectivity index (χ2v) is 8.25. The topological polar surface area (TPSA) is 91.9 Å². The maximum atomic E-state index is 12.8. The third-order valence-electron chi connectivity index (χ3n) is 6.40. The molecule has 0 aromatic heterocycles. The van der Waals surface area contributed by atoms with Crippen LogP contribution >= 0.6 is 0 Å². The van der Waals surface area contributed by atoms with E-state index < -0.39 is 5.97 Å². The normalized spacial score (nSPS) is 21.2. The van der Waals surface area contributed by atoms with Gasteiger partial charge in [0.05, 0.1) is 25.5 Å². The molecule has 8 heteroatoms. The number of hydrogen-bond donors (Lipinski definition) is 3. The zero-order chi connectivity index (χ0) is 22.5. The van der Waals surface area contributed by atoms with E-state index in [1.807, 2.05) is 17.0 Å². The smallest absolute Gasteiger partial charge is 0.339 e. The lowest BCUT2D eigenvalue weighted by atomic mass is 9.86. The van der Waals surface area contributed by atoms with Gasteiger partial charge >= 0.3 is 12.0 Å². The van der Waals surface area contributed by atoms with Crippen LogP contribution in [0.2, 0.25) is 0 Å². The quantitative estimate of drug-likeness (QED) is 0.621. The van der Waals surface area contributed by atoms with Crippen LogP contribution < -0.4 is 20.9 Å². The average molecular weight is 439 g/mol. The first-order valence-electron chi connectivity index (χ1n) is 11.0. The van der Waals surface area contributed by atoms with E-state index in [9.17, 15) is 9.59 Å². The molecule has 0 aliphatic carbocycles. The van der Waals surface area contributed by atoms with Crippen LogP contribution in [-0.4, -0.2) is 50.3 Å². The van der Waals surface area contributed by atoms with Crippen molar-refractivity contribution in [1.82, 2.24) is 15.8 Å². The van der Waals surface area contributed by atoms with Crippen molar-refractivity contribution < 1.29 is 19.1 Å². The first kappa shape index (κ1) is 22.1. The number of para-hydroxylation sites is 1. The van der Waals surface area contributed by atoms with Crippen LogP contribution in [0.3, 0.4) is 0 Å². The summed E-state index contributed by atoms with van der Waals surface area (Å²) in [6.07, 6.45) is 2.85. The molecule has 2 aromatic rings. The van der Waals surface area contributed by atoms with Crippen molar-refractivity contribution in [2.24, 2.45) is 5.92 Å².